The normalized spacial score (nSPS) is 20.9. The molecule has 4 bridgehead atoms. The van der Waals surface area contributed by atoms with E-state index >= 15 is 0 Å². The Kier molecular flexibility index (Phi) is 5.76. The summed E-state index contributed by atoms with van der Waals surface area (Å²) in [6.45, 7) is 5.09. The Morgan fingerprint density at radius 2 is 0.841 bits per heavy atom. The second-order valence-electron chi connectivity index (χ2n) is 13.8. The minimum atomic E-state index is -3.03. The molecule has 0 N–H and O–H groups in total. The molecule has 2 aliphatic carbocycles. The quantitative estimate of drug-likeness (QED) is 0.162. The monoisotopic (exact) mass is 658 g/mol. The third-order valence-electron chi connectivity index (χ3n) is 11.4. The zero-order valence-corrected chi connectivity index (χ0v) is 29.3. The van der Waals surface area contributed by atoms with E-state index in [0.29, 0.717) is 7.25 Å². The van der Waals surface area contributed by atoms with Gasteiger partial charge in [-0.25, -0.2) is 0 Å². The van der Waals surface area contributed by atoms with Crippen LogP contribution in [0, 0.1) is 0 Å². The SMILES string of the molecule is CC1=C2c3c(ccc4ccccc34)[CH]1[Zr]([CH3])([CH3])[CH]1C(C)=C(c3c1ccc1ccccc31)[Si]2(c1ccccc1)c1ccccc1. The Morgan fingerprint density at radius 1 is 0.455 bits per heavy atom. The molecule has 0 fully saturated rings. The minimum absolute atomic E-state index is 0.539. The molecule has 0 amide bonds. The molecule has 0 radical (unpaired) electrons. The van der Waals surface area contributed by atoms with E-state index in [1.807, 2.05) is 0 Å². The summed E-state index contributed by atoms with van der Waals surface area (Å²) in [6.07, 6.45) is 0. The van der Waals surface area contributed by atoms with Crippen LogP contribution in [-0.4, -0.2) is 8.07 Å². The van der Waals surface area contributed by atoms with Gasteiger partial charge in [-0.15, -0.1) is 0 Å². The molecule has 0 aromatic heterocycles. The Balaban J connectivity index is 1.57. The number of allylic oxidation sites excluding steroid dienone is 2. The molecular weight excluding hydrogens is 624 g/mol. The van der Waals surface area contributed by atoms with Crippen molar-refractivity contribution in [3.8, 4) is 0 Å². The third-order valence-corrected chi connectivity index (χ3v) is 27.5. The number of hydrogen-bond donors (Lipinski definition) is 0. The van der Waals surface area contributed by atoms with E-state index in [1.165, 1.54) is 31.9 Å². The summed E-state index contributed by atoms with van der Waals surface area (Å²) in [7, 11) is -2.83. The summed E-state index contributed by atoms with van der Waals surface area (Å²) >= 11 is -3.03. The summed E-state index contributed by atoms with van der Waals surface area (Å²) in [4.78, 5) is 0. The summed E-state index contributed by atoms with van der Waals surface area (Å²) in [5, 5.41) is 11.9. The van der Waals surface area contributed by atoms with Gasteiger partial charge in [-0.1, -0.05) is 0 Å². The fourth-order valence-corrected chi connectivity index (χ4v) is 28.8. The molecule has 44 heavy (non-hydrogen) atoms. The number of fused-ring (bicyclic) bond motifs is 12. The van der Waals surface area contributed by atoms with E-state index in [-0.39, 0.29) is 0 Å². The first kappa shape index (κ1) is 26.8. The Bertz CT molecular complexity index is 2060. The molecule has 0 nitrogen and oxygen atoms in total. The molecule has 0 saturated carbocycles. The summed E-state index contributed by atoms with van der Waals surface area (Å²) in [6, 6.07) is 51.6. The van der Waals surface area contributed by atoms with E-state index in [2.05, 4.69) is 157 Å². The van der Waals surface area contributed by atoms with Gasteiger partial charge in [0.1, 0.15) is 0 Å². The Labute approximate surface area is 266 Å². The predicted octanol–water partition coefficient (Wildman–Crippen LogP) is 9.95. The van der Waals surface area contributed by atoms with Gasteiger partial charge in [-0.3, -0.25) is 0 Å². The molecule has 1 aliphatic heterocycles. The van der Waals surface area contributed by atoms with Gasteiger partial charge in [0, 0.05) is 0 Å². The van der Waals surface area contributed by atoms with Crippen molar-refractivity contribution in [2.24, 2.45) is 0 Å². The molecule has 9 rings (SSSR count). The van der Waals surface area contributed by atoms with E-state index in [4.69, 9.17) is 0 Å². The molecule has 6 aromatic carbocycles. The second kappa shape index (κ2) is 9.46. The average Bonchev–Trinajstić information content (AvgIpc) is 3.55. The van der Waals surface area contributed by atoms with E-state index in [1.54, 1.807) is 43.8 Å². The van der Waals surface area contributed by atoms with Crippen molar-refractivity contribution in [2.45, 2.75) is 30.4 Å². The summed E-state index contributed by atoms with van der Waals surface area (Å²) in [5.41, 5.74) is 9.69. The number of rotatable bonds is 2. The van der Waals surface area contributed by atoms with Crippen LogP contribution in [0.25, 0.3) is 31.9 Å². The zero-order chi connectivity index (χ0) is 29.8. The van der Waals surface area contributed by atoms with Crippen LogP contribution in [-0.2, 0) is 20.3 Å². The average molecular weight is 660 g/mol. The number of hydrogen-bond acceptors (Lipinski definition) is 0. The molecule has 2 heteroatoms. The summed E-state index contributed by atoms with van der Waals surface area (Å²) < 4.78 is 6.61. The molecule has 2 atom stereocenters. The van der Waals surface area contributed by atoms with Crippen LogP contribution in [0.5, 0.6) is 0 Å². The molecule has 1 heterocycles. The van der Waals surface area contributed by atoms with Gasteiger partial charge in [0.2, 0.25) is 0 Å². The van der Waals surface area contributed by atoms with Crippen LogP contribution in [0.15, 0.2) is 145 Å². The van der Waals surface area contributed by atoms with Crippen LogP contribution < -0.4 is 10.4 Å². The fourth-order valence-electron chi connectivity index (χ4n) is 10.1. The predicted molar refractivity (Wildman–Crippen MR) is 188 cm³/mol. The molecule has 0 saturated heterocycles. The first-order valence-corrected chi connectivity index (χ1v) is 25.8. The van der Waals surface area contributed by atoms with Crippen molar-refractivity contribution in [2.75, 3.05) is 0 Å². The van der Waals surface area contributed by atoms with Gasteiger partial charge in [0.15, 0.2) is 0 Å². The molecular formula is C42H36SiZr. The molecule has 3 aliphatic rings. The van der Waals surface area contributed by atoms with E-state index in [9.17, 15) is 0 Å². The van der Waals surface area contributed by atoms with Crippen molar-refractivity contribution in [1.29, 1.82) is 0 Å². The standard InChI is InChI=1S/C40H30Si.2CH3.Zr/c1-27-25-31-23-21-29-13-9-11-19-35(29)37(31)39(27)41(33-15-5-3-6-16-33,34-17-7-4-8-18-34)40-28(2)26-32-24-22-30-14-10-12-20-36(30)38(32)40;;;/h3-26H,1-2H3;2*1H3;. The van der Waals surface area contributed by atoms with Gasteiger partial charge in [0.05, 0.1) is 0 Å². The van der Waals surface area contributed by atoms with Crippen LogP contribution in [0.4, 0.5) is 0 Å². The Hall–Kier alpha value is -3.58. The van der Waals surface area contributed by atoms with E-state index in [0.717, 1.165) is 0 Å². The van der Waals surface area contributed by atoms with Crippen molar-refractivity contribution in [1.82, 2.24) is 0 Å². The van der Waals surface area contributed by atoms with Gasteiger partial charge in [-0.05, 0) is 0 Å². The third kappa shape index (κ3) is 3.26. The Morgan fingerprint density at radius 3 is 1.27 bits per heavy atom. The van der Waals surface area contributed by atoms with Crippen LogP contribution in [0.1, 0.15) is 43.4 Å². The van der Waals surface area contributed by atoms with E-state index < -0.39 is 28.3 Å². The molecule has 6 aromatic rings. The topological polar surface area (TPSA) is 0 Å². The van der Waals surface area contributed by atoms with Crippen LogP contribution in [0.2, 0.25) is 9.26 Å². The van der Waals surface area contributed by atoms with Gasteiger partial charge >= 0.3 is 268 Å². The molecule has 0 spiro atoms. The van der Waals surface area contributed by atoms with Crippen molar-refractivity contribution < 1.29 is 20.3 Å². The first-order valence-electron chi connectivity index (χ1n) is 16.0. The van der Waals surface area contributed by atoms with Gasteiger partial charge < -0.3 is 0 Å². The van der Waals surface area contributed by atoms with Crippen molar-refractivity contribution >= 4 is 50.4 Å². The van der Waals surface area contributed by atoms with Gasteiger partial charge in [0.25, 0.3) is 0 Å². The number of benzene rings is 6. The van der Waals surface area contributed by atoms with Crippen molar-refractivity contribution in [3.05, 3.63) is 167 Å². The second-order valence-corrected chi connectivity index (χ2v) is 29.2. The van der Waals surface area contributed by atoms with Crippen LogP contribution in [0.3, 0.4) is 0 Å². The fraction of sp³-hybridized carbons (Fsp3) is 0.143. The molecule has 2 unspecified atom stereocenters. The first-order chi connectivity index (χ1) is 21.5. The molecule has 212 valence electrons. The zero-order valence-electron chi connectivity index (χ0n) is 25.9. The van der Waals surface area contributed by atoms with Crippen LogP contribution >= 0.6 is 0 Å². The van der Waals surface area contributed by atoms with Gasteiger partial charge in [-0.2, -0.15) is 0 Å². The maximum absolute atomic E-state index is 3.03. The maximum atomic E-state index is 2.76. The summed E-state index contributed by atoms with van der Waals surface area (Å²) in [5.74, 6) is 0. The van der Waals surface area contributed by atoms with Crippen molar-refractivity contribution in [3.63, 3.8) is 0 Å².